The van der Waals surface area contributed by atoms with Gasteiger partial charge in [-0.05, 0) is 98.3 Å². The molecular formula is C63H90ClN5O4S. The second-order valence-corrected chi connectivity index (χ2v) is 22.0. The van der Waals surface area contributed by atoms with Gasteiger partial charge in [0.1, 0.15) is 5.75 Å². The van der Waals surface area contributed by atoms with Gasteiger partial charge in [0.05, 0.1) is 17.8 Å². The Hall–Kier alpha value is -4.80. The Morgan fingerprint density at radius 1 is 0.676 bits per heavy atom. The SMILES string of the molecule is CCCCCCCCCCCCCCCc1cccc(OC(CCC)Nc2cccc(C(=O)Nc3c(NC(=O)CCCCCCCCCCCCC)ccc(SN4N=CCC4=O)c3-c3c(C)cc(C)cc3Cl)c2)c1. The lowest BCUT2D eigenvalue weighted by Crippen LogP contribution is -2.26. The van der Waals surface area contributed by atoms with Crippen molar-refractivity contribution in [2.45, 2.75) is 232 Å². The second-order valence-electron chi connectivity index (χ2n) is 20.6. The van der Waals surface area contributed by atoms with Crippen LogP contribution < -0.4 is 20.7 Å². The lowest BCUT2D eigenvalue weighted by Gasteiger charge is -2.24. The highest BCUT2D eigenvalue weighted by Crippen LogP contribution is 2.47. The fraction of sp³-hybridized carbons (Fsp3) is 0.556. The predicted molar refractivity (Wildman–Crippen MR) is 315 cm³/mol. The average molecular weight is 1050 g/mol. The van der Waals surface area contributed by atoms with E-state index in [4.69, 9.17) is 16.3 Å². The van der Waals surface area contributed by atoms with E-state index in [0.717, 1.165) is 73.0 Å². The zero-order chi connectivity index (χ0) is 52.8. The number of hydrazone groups is 1. The topological polar surface area (TPSA) is 112 Å². The molecule has 4 aromatic rings. The van der Waals surface area contributed by atoms with Crippen molar-refractivity contribution in [1.29, 1.82) is 0 Å². The molecule has 0 spiro atoms. The zero-order valence-corrected chi connectivity index (χ0v) is 47.5. The molecule has 404 valence electrons. The average Bonchev–Trinajstić information content (AvgIpc) is 3.79. The third-order valence-corrected chi connectivity index (χ3v) is 15.3. The first-order valence-electron chi connectivity index (χ1n) is 28.8. The number of halogens is 1. The summed E-state index contributed by atoms with van der Waals surface area (Å²) < 4.78 is 7.96. The fourth-order valence-electron chi connectivity index (χ4n) is 9.87. The van der Waals surface area contributed by atoms with Gasteiger partial charge in [0.25, 0.3) is 11.8 Å². The van der Waals surface area contributed by atoms with E-state index in [2.05, 4.69) is 60.0 Å². The number of hydrogen-bond acceptors (Lipinski definition) is 7. The van der Waals surface area contributed by atoms with E-state index in [-0.39, 0.29) is 30.4 Å². The number of amides is 3. The Morgan fingerprint density at radius 3 is 1.88 bits per heavy atom. The summed E-state index contributed by atoms with van der Waals surface area (Å²) in [5.41, 5.74) is 6.43. The summed E-state index contributed by atoms with van der Waals surface area (Å²) in [5, 5.41) is 14.8. The van der Waals surface area contributed by atoms with Crippen molar-refractivity contribution in [3.63, 3.8) is 0 Å². The number of nitrogens with zero attached hydrogens (tertiary/aromatic N) is 2. The molecule has 0 aromatic heterocycles. The number of aryl methyl sites for hydroxylation is 3. The number of hydrogen-bond donors (Lipinski definition) is 3. The lowest BCUT2D eigenvalue weighted by atomic mass is 9.95. The maximum atomic E-state index is 14.7. The van der Waals surface area contributed by atoms with Crippen molar-refractivity contribution in [3.05, 3.63) is 100 Å². The van der Waals surface area contributed by atoms with Gasteiger partial charge in [-0.15, -0.1) is 0 Å². The number of carbonyl (C=O) groups is 3. The van der Waals surface area contributed by atoms with Crippen LogP contribution in [-0.4, -0.2) is 34.6 Å². The van der Waals surface area contributed by atoms with Crippen LogP contribution in [-0.2, 0) is 16.0 Å². The van der Waals surface area contributed by atoms with Crippen molar-refractivity contribution < 1.29 is 19.1 Å². The molecule has 1 atom stereocenters. The summed E-state index contributed by atoms with van der Waals surface area (Å²) in [6, 6.07) is 23.5. The molecule has 11 heteroatoms. The summed E-state index contributed by atoms with van der Waals surface area (Å²) in [7, 11) is 0. The van der Waals surface area contributed by atoms with Crippen molar-refractivity contribution >= 4 is 64.5 Å². The van der Waals surface area contributed by atoms with Crippen LogP contribution in [0.1, 0.15) is 228 Å². The van der Waals surface area contributed by atoms with Crippen LogP contribution in [0.4, 0.5) is 17.1 Å². The molecule has 1 aliphatic rings. The van der Waals surface area contributed by atoms with Gasteiger partial charge >= 0.3 is 0 Å². The third kappa shape index (κ3) is 21.4. The fourth-order valence-corrected chi connectivity index (χ4v) is 11.2. The van der Waals surface area contributed by atoms with E-state index in [1.54, 1.807) is 18.3 Å². The van der Waals surface area contributed by atoms with Gasteiger partial charge in [0, 0.05) is 63.3 Å². The van der Waals surface area contributed by atoms with E-state index >= 15 is 0 Å². The Morgan fingerprint density at radius 2 is 1.28 bits per heavy atom. The third-order valence-electron chi connectivity index (χ3n) is 14.0. The van der Waals surface area contributed by atoms with Crippen molar-refractivity contribution in [3.8, 4) is 16.9 Å². The van der Waals surface area contributed by atoms with E-state index < -0.39 is 0 Å². The van der Waals surface area contributed by atoms with Gasteiger partial charge in [-0.1, -0.05) is 204 Å². The second kappa shape index (κ2) is 34.7. The molecule has 9 nitrogen and oxygen atoms in total. The van der Waals surface area contributed by atoms with Crippen LogP contribution >= 0.6 is 23.5 Å². The highest BCUT2D eigenvalue weighted by Gasteiger charge is 2.27. The number of ether oxygens (including phenoxy) is 1. The quantitative estimate of drug-likeness (QED) is 0.0234. The molecule has 3 amide bonds. The van der Waals surface area contributed by atoms with Gasteiger partial charge in [-0.25, -0.2) is 0 Å². The summed E-state index contributed by atoms with van der Waals surface area (Å²) in [6.07, 6.45) is 35.1. The highest BCUT2D eigenvalue weighted by atomic mass is 35.5. The van der Waals surface area contributed by atoms with Gasteiger partial charge in [-0.3, -0.25) is 14.4 Å². The van der Waals surface area contributed by atoms with E-state index in [9.17, 15) is 14.4 Å². The molecule has 1 aliphatic heterocycles. The number of rotatable bonds is 38. The van der Waals surface area contributed by atoms with Gasteiger partial charge < -0.3 is 20.7 Å². The van der Waals surface area contributed by atoms with Gasteiger partial charge in [-0.2, -0.15) is 9.52 Å². The van der Waals surface area contributed by atoms with Crippen LogP contribution in [0, 0.1) is 13.8 Å². The molecule has 1 unspecified atom stereocenters. The Kier molecular flexibility index (Phi) is 28.2. The Balaban J connectivity index is 1.27. The van der Waals surface area contributed by atoms with Gasteiger partial charge in [0.2, 0.25) is 5.91 Å². The first-order chi connectivity index (χ1) is 36.1. The molecule has 1 heterocycles. The molecule has 0 saturated heterocycles. The number of carbonyl (C=O) groups excluding carboxylic acids is 3. The number of benzene rings is 4. The standard InChI is InChI=1S/C63H90ClN5O4S/c1-6-9-11-13-15-17-19-20-22-23-25-27-29-34-50-35-31-38-53(46-50)73-58(33-8-3)66-52-37-32-36-51(47-52)63(72)68-62-55(67-57(70)39-30-28-26-24-21-18-16-14-12-10-7-2)40-41-56(74-69-59(71)42-43-65-69)61(62)60-49(5)44-48(4)45-54(60)64/h31-32,35-38,40-41,43-47,58,66H,6-30,33-34,39,42H2,1-5H3,(H,67,70)(H,68,72). The van der Waals surface area contributed by atoms with Crippen molar-refractivity contribution in [2.24, 2.45) is 5.10 Å². The Labute approximate surface area is 455 Å². The highest BCUT2D eigenvalue weighted by molar-refractivity contribution is 7.97. The number of unbranched alkanes of at least 4 members (excludes halogenated alkanes) is 22. The molecule has 3 N–H and O–H groups in total. The van der Waals surface area contributed by atoms with Crippen LogP contribution in [0.5, 0.6) is 5.75 Å². The maximum Gasteiger partial charge on any atom is 0.258 e. The molecule has 0 fully saturated rings. The number of nitrogens with one attached hydrogen (secondary N) is 3. The molecule has 4 aromatic carbocycles. The van der Waals surface area contributed by atoms with Crippen LogP contribution in [0.3, 0.4) is 0 Å². The molecule has 5 rings (SSSR count). The first kappa shape index (κ1) is 60.1. The summed E-state index contributed by atoms with van der Waals surface area (Å²) in [6.45, 7) is 10.6. The van der Waals surface area contributed by atoms with E-state index in [1.165, 1.54) is 145 Å². The minimum atomic E-state index is -0.372. The summed E-state index contributed by atoms with van der Waals surface area (Å²) >= 11 is 8.28. The summed E-state index contributed by atoms with van der Waals surface area (Å²) in [5.74, 6) is 0.164. The number of anilines is 3. The lowest BCUT2D eigenvalue weighted by molar-refractivity contribution is -0.123. The minimum Gasteiger partial charge on any atom is -0.471 e. The minimum absolute atomic E-state index is 0.132. The molecule has 0 saturated carbocycles. The largest absolute Gasteiger partial charge is 0.471 e. The zero-order valence-electron chi connectivity index (χ0n) is 45.9. The smallest absolute Gasteiger partial charge is 0.258 e. The molecular weight excluding hydrogens is 958 g/mol. The molecule has 74 heavy (non-hydrogen) atoms. The van der Waals surface area contributed by atoms with Crippen LogP contribution in [0.15, 0.2) is 82.8 Å². The molecule has 0 radical (unpaired) electrons. The van der Waals surface area contributed by atoms with E-state index in [0.29, 0.717) is 44.4 Å². The Bertz CT molecular complexity index is 2330. The normalized spacial score (nSPS) is 12.6. The molecule has 0 bridgehead atoms. The van der Waals surface area contributed by atoms with Gasteiger partial charge in [0.15, 0.2) is 6.23 Å². The van der Waals surface area contributed by atoms with Crippen molar-refractivity contribution in [1.82, 2.24) is 4.41 Å². The predicted octanol–water partition coefficient (Wildman–Crippen LogP) is 19.0. The monoisotopic (exact) mass is 1050 g/mol. The van der Waals surface area contributed by atoms with Crippen molar-refractivity contribution in [2.75, 3.05) is 16.0 Å². The maximum absolute atomic E-state index is 14.7. The molecule has 0 aliphatic carbocycles. The van der Waals surface area contributed by atoms with Crippen LogP contribution in [0.2, 0.25) is 5.02 Å². The van der Waals surface area contributed by atoms with Crippen LogP contribution in [0.25, 0.3) is 11.1 Å². The summed E-state index contributed by atoms with van der Waals surface area (Å²) in [4.78, 5) is 42.0. The first-order valence-corrected chi connectivity index (χ1v) is 30.0. The van der Waals surface area contributed by atoms with E-state index in [1.807, 2.05) is 56.3 Å².